The van der Waals surface area contributed by atoms with E-state index < -0.39 is 17.5 Å². The van der Waals surface area contributed by atoms with Crippen molar-refractivity contribution < 1.29 is 13.2 Å². The van der Waals surface area contributed by atoms with Crippen molar-refractivity contribution in [2.45, 2.75) is 44.6 Å². The Kier molecular flexibility index (Phi) is 5.00. The van der Waals surface area contributed by atoms with Crippen molar-refractivity contribution >= 4 is 5.84 Å². The van der Waals surface area contributed by atoms with Gasteiger partial charge in [0, 0.05) is 0 Å². The van der Waals surface area contributed by atoms with Crippen molar-refractivity contribution in [3.05, 3.63) is 35.1 Å². The molecule has 0 radical (unpaired) electrons. The van der Waals surface area contributed by atoms with Crippen LogP contribution in [-0.2, 0) is 0 Å². The molecule has 0 aliphatic heterocycles. The maximum atomic E-state index is 13.7. The molecule has 0 atom stereocenters. The average molecular weight is 285 g/mol. The highest BCUT2D eigenvalue weighted by atomic mass is 19.2. The van der Waals surface area contributed by atoms with E-state index in [9.17, 15) is 13.2 Å². The van der Waals surface area contributed by atoms with Crippen molar-refractivity contribution in [1.29, 1.82) is 0 Å². The first-order chi connectivity index (χ1) is 9.63. The number of nitrogens with zero attached hydrogens (tertiary/aromatic N) is 1. The number of hydrazine groups is 1. The second-order valence-electron chi connectivity index (χ2n) is 4.99. The summed E-state index contributed by atoms with van der Waals surface area (Å²) in [7, 11) is 0. The van der Waals surface area contributed by atoms with Crippen LogP contribution in [0.15, 0.2) is 17.1 Å². The number of hydrogen-bond donors (Lipinski definition) is 2. The Morgan fingerprint density at radius 2 is 1.70 bits per heavy atom. The van der Waals surface area contributed by atoms with Gasteiger partial charge in [0.05, 0.1) is 11.6 Å². The molecule has 0 heterocycles. The Labute approximate surface area is 116 Å². The second kappa shape index (κ2) is 6.74. The SMILES string of the molecule is NNC(=NC1CCCCCC1)c1ccc(F)c(F)c1F. The Balaban J connectivity index is 2.29. The second-order valence-corrected chi connectivity index (χ2v) is 4.99. The van der Waals surface area contributed by atoms with Crippen LogP contribution in [0.5, 0.6) is 0 Å². The molecule has 1 aliphatic rings. The number of halogens is 3. The van der Waals surface area contributed by atoms with E-state index in [0.29, 0.717) is 0 Å². The molecule has 20 heavy (non-hydrogen) atoms. The molecule has 0 spiro atoms. The summed E-state index contributed by atoms with van der Waals surface area (Å²) < 4.78 is 39.9. The van der Waals surface area contributed by atoms with E-state index in [1.807, 2.05) is 0 Å². The zero-order chi connectivity index (χ0) is 14.5. The van der Waals surface area contributed by atoms with Crippen LogP contribution < -0.4 is 11.3 Å². The third-order valence-electron chi connectivity index (χ3n) is 3.56. The van der Waals surface area contributed by atoms with E-state index in [4.69, 9.17) is 5.84 Å². The van der Waals surface area contributed by atoms with Gasteiger partial charge >= 0.3 is 0 Å². The molecule has 0 amide bonds. The molecule has 0 bridgehead atoms. The summed E-state index contributed by atoms with van der Waals surface area (Å²) in [5.74, 6) is 1.42. The van der Waals surface area contributed by atoms with Crippen LogP contribution in [0.1, 0.15) is 44.1 Å². The van der Waals surface area contributed by atoms with Gasteiger partial charge in [-0.3, -0.25) is 4.99 Å². The molecular formula is C14H18F3N3. The fraction of sp³-hybridized carbons (Fsp3) is 0.500. The van der Waals surface area contributed by atoms with Crippen molar-refractivity contribution in [2.24, 2.45) is 10.8 Å². The quantitative estimate of drug-likeness (QED) is 0.219. The summed E-state index contributed by atoms with van der Waals surface area (Å²) in [5, 5.41) is 0. The minimum atomic E-state index is -1.51. The van der Waals surface area contributed by atoms with Gasteiger partial charge < -0.3 is 5.43 Å². The van der Waals surface area contributed by atoms with Gasteiger partial charge in [0.1, 0.15) is 5.84 Å². The lowest BCUT2D eigenvalue weighted by Gasteiger charge is -2.13. The van der Waals surface area contributed by atoms with E-state index in [-0.39, 0.29) is 17.4 Å². The number of aliphatic imine (C=N–C) groups is 1. The summed E-state index contributed by atoms with van der Waals surface area (Å²) >= 11 is 0. The van der Waals surface area contributed by atoms with Gasteiger partial charge in [0.25, 0.3) is 0 Å². The molecule has 2 rings (SSSR count). The Hall–Kier alpha value is -1.56. The number of nitrogens with two attached hydrogens (primary N) is 1. The predicted molar refractivity (Wildman–Crippen MR) is 71.7 cm³/mol. The summed E-state index contributed by atoms with van der Waals surface area (Å²) in [6, 6.07) is 2.05. The molecule has 1 aromatic rings. The zero-order valence-electron chi connectivity index (χ0n) is 11.1. The van der Waals surface area contributed by atoms with Crippen LogP contribution in [0.25, 0.3) is 0 Å². The fourth-order valence-corrected chi connectivity index (χ4v) is 2.46. The Morgan fingerprint density at radius 1 is 1.05 bits per heavy atom. The highest BCUT2D eigenvalue weighted by molar-refractivity contribution is 5.98. The molecular weight excluding hydrogens is 267 g/mol. The smallest absolute Gasteiger partial charge is 0.195 e. The number of nitrogens with one attached hydrogen (secondary N) is 1. The number of benzene rings is 1. The van der Waals surface area contributed by atoms with Gasteiger partial charge in [-0.15, -0.1) is 0 Å². The molecule has 0 saturated heterocycles. The summed E-state index contributed by atoms with van der Waals surface area (Å²) in [6.45, 7) is 0. The van der Waals surface area contributed by atoms with E-state index in [2.05, 4.69) is 10.4 Å². The normalized spacial score (nSPS) is 17.9. The Morgan fingerprint density at radius 3 is 2.30 bits per heavy atom. The number of rotatable bonds is 2. The zero-order valence-corrected chi connectivity index (χ0v) is 11.1. The first-order valence-corrected chi connectivity index (χ1v) is 6.81. The molecule has 6 heteroatoms. The van der Waals surface area contributed by atoms with Crippen LogP contribution in [0.2, 0.25) is 0 Å². The third kappa shape index (κ3) is 3.30. The maximum absolute atomic E-state index is 13.7. The maximum Gasteiger partial charge on any atom is 0.195 e. The monoisotopic (exact) mass is 285 g/mol. The van der Waals surface area contributed by atoms with Gasteiger partial charge in [-0.25, -0.2) is 19.0 Å². The topological polar surface area (TPSA) is 50.4 Å². The van der Waals surface area contributed by atoms with Gasteiger partial charge in [0.2, 0.25) is 0 Å². The highest BCUT2D eigenvalue weighted by Crippen LogP contribution is 2.21. The van der Waals surface area contributed by atoms with Crippen molar-refractivity contribution in [3.8, 4) is 0 Å². The highest BCUT2D eigenvalue weighted by Gasteiger charge is 2.19. The molecule has 1 saturated carbocycles. The largest absolute Gasteiger partial charge is 0.308 e. The predicted octanol–water partition coefficient (Wildman–Crippen LogP) is 3.04. The third-order valence-corrected chi connectivity index (χ3v) is 3.56. The van der Waals surface area contributed by atoms with Crippen molar-refractivity contribution in [1.82, 2.24) is 5.43 Å². The van der Waals surface area contributed by atoms with Crippen LogP contribution in [0.4, 0.5) is 13.2 Å². The average Bonchev–Trinajstić information content (AvgIpc) is 2.71. The van der Waals surface area contributed by atoms with E-state index in [1.54, 1.807) is 0 Å². The lowest BCUT2D eigenvalue weighted by atomic mass is 10.1. The molecule has 3 nitrogen and oxygen atoms in total. The molecule has 0 unspecified atom stereocenters. The first kappa shape index (κ1) is 14.8. The van der Waals surface area contributed by atoms with Crippen molar-refractivity contribution in [2.75, 3.05) is 0 Å². The molecule has 3 N–H and O–H groups in total. The number of amidine groups is 1. The van der Waals surface area contributed by atoms with Gasteiger partial charge in [-0.1, -0.05) is 25.7 Å². The lowest BCUT2D eigenvalue weighted by molar-refractivity contribution is 0.445. The van der Waals surface area contributed by atoms with Crippen molar-refractivity contribution in [3.63, 3.8) is 0 Å². The summed E-state index contributed by atoms with van der Waals surface area (Å²) in [5.41, 5.74) is 2.15. The molecule has 1 fully saturated rings. The lowest BCUT2D eigenvalue weighted by Crippen LogP contribution is -2.33. The molecule has 1 aromatic carbocycles. The van der Waals surface area contributed by atoms with Crippen LogP contribution in [-0.4, -0.2) is 11.9 Å². The first-order valence-electron chi connectivity index (χ1n) is 6.81. The fourth-order valence-electron chi connectivity index (χ4n) is 2.46. The minimum absolute atomic E-state index is 0.0380. The summed E-state index contributed by atoms with van der Waals surface area (Å²) in [6.07, 6.45) is 6.25. The summed E-state index contributed by atoms with van der Waals surface area (Å²) in [4.78, 5) is 4.37. The van der Waals surface area contributed by atoms with Gasteiger partial charge in [-0.05, 0) is 25.0 Å². The van der Waals surface area contributed by atoms with Crippen LogP contribution in [0, 0.1) is 17.5 Å². The number of hydrogen-bond acceptors (Lipinski definition) is 2. The van der Waals surface area contributed by atoms with Crippen LogP contribution in [0.3, 0.4) is 0 Å². The van der Waals surface area contributed by atoms with Gasteiger partial charge in [-0.2, -0.15) is 0 Å². The Bertz CT molecular complexity index is 495. The van der Waals surface area contributed by atoms with E-state index in [0.717, 1.165) is 50.7 Å². The standard InChI is InChI=1S/C14H18F3N3/c15-11-8-7-10(12(16)13(11)17)14(20-18)19-9-5-3-1-2-4-6-9/h7-9H,1-6,18H2,(H,19,20). The minimum Gasteiger partial charge on any atom is -0.308 e. The molecule has 1 aliphatic carbocycles. The molecule has 110 valence electrons. The van der Waals surface area contributed by atoms with E-state index in [1.165, 1.54) is 0 Å². The molecule has 0 aromatic heterocycles. The van der Waals surface area contributed by atoms with Crippen LogP contribution >= 0.6 is 0 Å². The van der Waals surface area contributed by atoms with E-state index >= 15 is 0 Å². The van der Waals surface area contributed by atoms with Gasteiger partial charge in [0.15, 0.2) is 17.5 Å².